The summed E-state index contributed by atoms with van der Waals surface area (Å²) >= 11 is 18.1. The first-order valence-electron chi connectivity index (χ1n) is 5.99. The zero-order valence-corrected chi connectivity index (χ0v) is 13.3. The lowest BCUT2D eigenvalue weighted by Crippen LogP contribution is -2.33. The molecule has 2 rings (SSSR count). The van der Waals surface area contributed by atoms with Gasteiger partial charge in [-0.1, -0.05) is 34.8 Å². The molecule has 1 aromatic carbocycles. The number of furan rings is 1. The number of nitrogens with two attached hydrogens (primary N) is 1. The van der Waals surface area contributed by atoms with E-state index in [2.05, 4.69) is 4.74 Å². The molecule has 0 saturated heterocycles. The number of esters is 1. The molecule has 0 radical (unpaired) electrons. The maximum atomic E-state index is 11.3. The largest absolute Gasteiger partial charge is 0.468 e. The van der Waals surface area contributed by atoms with Crippen LogP contribution < -0.4 is 5.73 Å². The summed E-state index contributed by atoms with van der Waals surface area (Å²) in [6.07, 6.45) is 0.218. The minimum Gasteiger partial charge on any atom is -0.468 e. The molecule has 1 atom stereocenters. The van der Waals surface area contributed by atoms with Crippen LogP contribution in [-0.2, 0) is 16.0 Å². The fourth-order valence-corrected chi connectivity index (χ4v) is 2.85. The lowest BCUT2D eigenvalue weighted by Gasteiger charge is -2.07. The van der Waals surface area contributed by atoms with Crippen molar-refractivity contribution in [2.45, 2.75) is 12.5 Å². The van der Waals surface area contributed by atoms with Gasteiger partial charge in [0.15, 0.2) is 0 Å². The van der Waals surface area contributed by atoms with Crippen molar-refractivity contribution < 1.29 is 13.9 Å². The predicted molar refractivity (Wildman–Crippen MR) is 82.9 cm³/mol. The summed E-state index contributed by atoms with van der Waals surface area (Å²) < 4.78 is 10.2. The highest BCUT2D eigenvalue weighted by Crippen LogP contribution is 2.38. The molecule has 1 heterocycles. The van der Waals surface area contributed by atoms with Gasteiger partial charge in [0, 0.05) is 11.4 Å². The first kappa shape index (κ1) is 16.2. The van der Waals surface area contributed by atoms with E-state index in [1.807, 2.05) is 0 Å². The van der Waals surface area contributed by atoms with Gasteiger partial charge in [0.05, 0.1) is 22.7 Å². The van der Waals surface area contributed by atoms with Crippen LogP contribution in [0.15, 0.2) is 28.7 Å². The summed E-state index contributed by atoms with van der Waals surface area (Å²) in [6.45, 7) is 0. The fourth-order valence-electron chi connectivity index (χ4n) is 1.85. The van der Waals surface area contributed by atoms with Crippen LogP contribution in [0.1, 0.15) is 5.76 Å². The van der Waals surface area contributed by atoms with Gasteiger partial charge in [-0.2, -0.15) is 0 Å². The molecule has 0 saturated carbocycles. The molecule has 2 N–H and O–H groups in total. The number of rotatable bonds is 4. The summed E-state index contributed by atoms with van der Waals surface area (Å²) in [5, 5.41) is 1.20. The number of hydrogen-bond acceptors (Lipinski definition) is 4. The van der Waals surface area contributed by atoms with Crippen LogP contribution in [0.25, 0.3) is 11.3 Å². The Hall–Kier alpha value is -1.20. The summed E-state index contributed by atoms with van der Waals surface area (Å²) in [5.74, 6) is 0.509. The van der Waals surface area contributed by atoms with E-state index in [0.29, 0.717) is 32.2 Å². The number of benzene rings is 1. The van der Waals surface area contributed by atoms with Crippen molar-refractivity contribution in [1.82, 2.24) is 0 Å². The summed E-state index contributed by atoms with van der Waals surface area (Å²) in [5.41, 5.74) is 6.23. The third-order valence-electron chi connectivity index (χ3n) is 2.84. The minimum atomic E-state index is -0.787. The molecule has 0 aliphatic carbocycles. The van der Waals surface area contributed by atoms with Crippen LogP contribution in [0.3, 0.4) is 0 Å². The van der Waals surface area contributed by atoms with Crippen molar-refractivity contribution in [3.05, 3.63) is 45.1 Å². The summed E-state index contributed by atoms with van der Waals surface area (Å²) in [7, 11) is 1.28. The number of hydrogen-bond donors (Lipinski definition) is 1. The zero-order chi connectivity index (χ0) is 15.6. The fraction of sp³-hybridized carbons (Fsp3) is 0.214. The van der Waals surface area contributed by atoms with Crippen LogP contribution in [-0.4, -0.2) is 19.1 Å². The van der Waals surface area contributed by atoms with Crippen LogP contribution in [0.5, 0.6) is 0 Å². The molecule has 1 unspecified atom stereocenters. The molecular weight excluding hydrogens is 337 g/mol. The van der Waals surface area contributed by atoms with Gasteiger partial charge in [0.1, 0.15) is 17.6 Å². The molecule has 0 spiro atoms. The van der Waals surface area contributed by atoms with Gasteiger partial charge in [-0.05, 0) is 24.3 Å². The monoisotopic (exact) mass is 347 g/mol. The topological polar surface area (TPSA) is 65.5 Å². The molecule has 0 aliphatic rings. The average molecular weight is 349 g/mol. The number of halogens is 3. The standard InChI is InChI=1S/C14H12Cl3NO3/c1-20-14(19)11(18)6-8-2-3-12(21-8)13-9(16)4-7(15)5-10(13)17/h2-5,11H,6,18H2,1H3. The average Bonchev–Trinajstić information content (AvgIpc) is 2.84. The van der Waals surface area contributed by atoms with Crippen molar-refractivity contribution in [2.24, 2.45) is 5.73 Å². The van der Waals surface area contributed by atoms with Crippen molar-refractivity contribution in [3.8, 4) is 11.3 Å². The first-order valence-corrected chi connectivity index (χ1v) is 7.12. The Bertz CT molecular complexity index is 646. The Morgan fingerprint density at radius 3 is 2.48 bits per heavy atom. The molecule has 4 nitrogen and oxygen atoms in total. The van der Waals surface area contributed by atoms with E-state index < -0.39 is 12.0 Å². The quantitative estimate of drug-likeness (QED) is 0.850. The SMILES string of the molecule is COC(=O)C(N)Cc1ccc(-c2c(Cl)cc(Cl)cc2Cl)o1. The second-order valence-corrected chi connectivity index (χ2v) is 5.60. The minimum absolute atomic E-state index is 0.218. The number of methoxy groups -OCH3 is 1. The molecule has 0 amide bonds. The number of carbonyl (C=O) groups excluding carboxylic acids is 1. The lowest BCUT2D eigenvalue weighted by atomic mass is 10.1. The molecule has 0 aliphatic heterocycles. The van der Waals surface area contributed by atoms with E-state index in [4.69, 9.17) is 45.0 Å². The van der Waals surface area contributed by atoms with Gasteiger partial charge in [-0.15, -0.1) is 0 Å². The molecular formula is C14H12Cl3NO3. The van der Waals surface area contributed by atoms with E-state index in [0.717, 1.165) is 0 Å². The molecule has 0 bridgehead atoms. The maximum absolute atomic E-state index is 11.3. The molecule has 112 valence electrons. The van der Waals surface area contributed by atoms with Crippen molar-refractivity contribution >= 4 is 40.8 Å². The van der Waals surface area contributed by atoms with Crippen LogP contribution >= 0.6 is 34.8 Å². The highest BCUT2D eigenvalue weighted by Gasteiger charge is 2.18. The Morgan fingerprint density at radius 2 is 1.90 bits per heavy atom. The Morgan fingerprint density at radius 1 is 1.29 bits per heavy atom. The predicted octanol–water partition coefficient (Wildman–Crippen LogP) is 3.95. The summed E-state index contributed by atoms with van der Waals surface area (Å²) in [6, 6.07) is 5.78. The highest BCUT2D eigenvalue weighted by molar-refractivity contribution is 6.41. The van der Waals surface area contributed by atoms with E-state index in [9.17, 15) is 4.79 Å². The van der Waals surface area contributed by atoms with Crippen molar-refractivity contribution in [2.75, 3.05) is 7.11 Å². The van der Waals surface area contributed by atoms with E-state index >= 15 is 0 Å². The Kier molecular flexibility index (Phi) is 5.17. The number of ether oxygens (including phenoxy) is 1. The van der Waals surface area contributed by atoms with Gasteiger partial charge in [0.2, 0.25) is 0 Å². The van der Waals surface area contributed by atoms with Gasteiger partial charge in [-0.25, -0.2) is 0 Å². The Balaban J connectivity index is 2.27. The number of carbonyl (C=O) groups is 1. The van der Waals surface area contributed by atoms with Crippen molar-refractivity contribution in [3.63, 3.8) is 0 Å². The molecule has 21 heavy (non-hydrogen) atoms. The molecule has 1 aromatic heterocycles. The normalized spacial score (nSPS) is 12.2. The van der Waals surface area contributed by atoms with E-state index in [-0.39, 0.29) is 6.42 Å². The van der Waals surface area contributed by atoms with Crippen LogP contribution in [0.4, 0.5) is 0 Å². The molecule has 7 heteroatoms. The second kappa shape index (κ2) is 6.71. The van der Waals surface area contributed by atoms with Gasteiger partial charge in [0.25, 0.3) is 0 Å². The third-order valence-corrected chi connectivity index (χ3v) is 3.65. The summed E-state index contributed by atoms with van der Waals surface area (Å²) in [4.78, 5) is 11.3. The second-order valence-electron chi connectivity index (χ2n) is 4.34. The van der Waals surface area contributed by atoms with E-state index in [1.165, 1.54) is 7.11 Å². The zero-order valence-electron chi connectivity index (χ0n) is 11.0. The smallest absolute Gasteiger partial charge is 0.323 e. The van der Waals surface area contributed by atoms with Crippen molar-refractivity contribution in [1.29, 1.82) is 0 Å². The maximum Gasteiger partial charge on any atom is 0.323 e. The lowest BCUT2D eigenvalue weighted by molar-refractivity contribution is -0.142. The van der Waals surface area contributed by atoms with Gasteiger partial charge < -0.3 is 14.9 Å². The Labute approximate surface area is 136 Å². The molecule has 2 aromatic rings. The van der Waals surface area contributed by atoms with Gasteiger partial charge >= 0.3 is 5.97 Å². The van der Waals surface area contributed by atoms with Crippen LogP contribution in [0.2, 0.25) is 15.1 Å². The van der Waals surface area contributed by atoms with Crippen LogP contribution in [0, 0.1) is 0 Å². The van der Waals surface area contributed by atoms with E-state index in [1.54, 1.807) is 24.3 Å². The highest BCUT2D eigenvalue weighted by atomic mass is 35.5. The molecule has 0 fully saturated rings. The van der Waals surface area contributed by atoms with Gasteiger partial charge in [-0.3, -0.25) is 4.79 Å². The first-order chi connectivity index (χ1) is 9.92. The third kappa shape index (κ3) is 3.71.